The Bertz CT molecular complexity index is 743. The second-order valence-electron chi connectivity index (χ2n) is 6.97. The van der Waals surface area contributed by atoms with E-state index in [9.17, 15) is 8.42 Å². The van der Waals surface area contributed by atoms with E-state index in [0.29, 0.717) is 11.6 Å². The van der Waals surface area contributed by atoms with E-state index in [2.05, 4.69) is 10.1 Å². The third kappa shape index (κ3) is 4.76. The zero-order valence-corrected chi connectivity index (χ0v) is 16.8. The molecule has 0 N–H and O–H groups in total. The lowest BCUT2D eigenvalue weighted by atomic mass is 10.0. The summed E-state index contributed by atoms with van der Waals surface area (Å²) < 4.78 is 25.4. The molecule has 3 rings (SSSR count). The first kappa shape index (κ1) is 19.6. The van der Waals surface area contributed by atoms with E-state index in [-0.39, 0.29) is 12.1 Å². The van der Waals surface area contributed by atoms with Crippen LogP contribution in [-0.4, -0.2) is 67.9 Å². The zero-order chi connectivity index (χ0) is 18.7. The molecule has 8 heteroatoms. The van der Waals surface area contributed by atoms with Gasteiger partial charge in [-0.3, -0.25) is 4.90 Å². The largest absolute Gasteiger partial charge is 0.390 e. The Kier molecular flexibility index (Phi) is 6.22. The summed E-state index contributed by atoms with van der Waals surface area (Å²) in [6, 6.07) is 7.75. The van der Waals surface area contributed by atoms with Crippen LogP contribution in [-0.2, 0) is 14.9 Å². The van der Waals surface area contributed by atoms with E-state index in [1.165, 1.54) is 6.26 Å². The summed E-state index contributed by atoms with van der Waals surface area (Å²) in [5.41, 5.74) is 2.00. The molecule has 0 saturated carbocycles. The molecule has 1 aromatic carbocycles. The van der Waals surface area contributed by atoms with E-state index in [0.717, 1.165) is 50.2 Å². The predicted molar refractivity (Wildman–Crippen MR) is 104 cm³/mol. The van der Waals surface area contributed by atoms with E-state index in [1.54, 1.807) is 4.31 Å². The number of benzene rings is 1. The van der Waals surface area contributed by atoms with Crippen molar-refractivity contribution >= 4 is 27.3 Å². The Morgan fingerprint density at radius 1 is 1.27 bits per heavy atom. The molecule has 0 radical (unpaired) electrons. The summed E-state index contributed by atoms with van der Waals surface area (Å²) in [5, 5.41) is 4.94. The monoisotopic (exact) mass is 399 g/mol. The molecule has 2 aliphatic heterocycles. The number of likely N-dealkylation sites (tertiary alicyclic amines) is 1. The maximum absolute atomic E-state index is 11.9. The van der Waals surface area contributed by atoms with Crippen molar-refractivity contribution in [2.75, 3.05) is 32.4 Å². The normalized spacial score (nSPS) is 22.5. The van der Waals surface area contributed by atoms with Gasteiger partial charge in [-0.25, -0.2) is 8.42 Å². The first-order valence-electron chi connectivity index (χ1n) is 9.04. The van der Waals surface area contributed by atoms with E-state index in [4.69, 9.17) is 16.4 Å². The first-order chi connectivity index (χ1) is 12.4. The molecule has 2 aliphatic rings. The van der Waals surface area contributed by atoms with Crippen LogP contribution >= 0.6 is 11.6 Å². The highest BCUT2D eigenvalue weighted by molar-refractivity contribution is 7.88. The second-order valence-corrected chi connectivity index (χ2v) is 9.35. The van der Waals surface area contributed by atoms with Crippen LogP contribution in [0.15, 0.2) is 29.4 Å². The standard InChI is InChI=1S/C18H26ClN3O3S/c1-3-22(26(2,23)24)16-8-10-21(11-9-16)13-17-12-18(20-25-17)14-4-6-15(19)7-5-14/h4-7,16-17H,3,8-13H2,1-2H3/t17-/m0/s1. The van der Waals surface area contributed by atoms with Crippen LogP contribution in [0.2, 0.25) is 5.02 Å². The van der Waals surface area contributed by atoms with Gasteiger partial charge in [0, 0.05) is 30.6 Å². The Labute approximate surface area is 160 Å². The average molecular weight is 400 g/mol. The molecule has 1 atom stereocenters. The van der Waals surface area contributed by atoms with Crippen molar-refractivity contribution < 1.29 is 13.3 Å². The van der Waals surface area contributed by atoms with Crippen molar-refractivity contribution in [3.8, 4) is 0 Å². The number of hydrogen-bond acceptors (Lipinski definition) is 5. The van der Waals surface area contributed by atoms with Gasteiger partial charge < -0.3 is 4.84 Å². The van der Waals surface area contributed by atoms with Crippen molar-refractivity contribution in [1.82, 2.24) is 9.21 Å². The van der Waals surface area contributed by atoms with Gasteiger partial charge in [-0.05, 0) is 43.6 Å². The molecule has 1 aromatic rings. The molecule has 0 spiro atoms. The lowest BCUT2D eigenvalue weighted by molar-refractivity contribution is 0.0407. The molecule has 26 heavy (non-hydrogen) atoms. The SMILES string of the molecule is CCN(C1CCN(C[C@@H]2CC(c3ccc(Cl)cc3)=NO2)CC1)S(C)(=O)=O. The van der Waals surface area contributed by atoms with Crippen LogP contribution in [0.4, 0.5) is 0 Å². The number of nitrogens with zero attached hydrogens (tertiary/aromatic N) is 3. The molecule has 144 valence electrons. The van der Waals surface area contributed by atoms with Crippen LogP contribution < -0.4 is 0 Å². The molecular weight excluding hydrogens is 374 g/mol. The number of sulfonamides is 1. The summed E-state index contributed by atoms with van der Waals surface area (Å²) in [6.07, 6.45) is 3.85. The Hall–Kier alpha value is -1.15. The van der Waals surface area contributed by atoms with Crippen LogP contribution in [0.1, 0.15) is 31.7 Å². The van der Waals surface area contributed by atoms with E-state index >= 15 is 0 Å². The summed E-state index contributed by atoms with van der Waals surface area (Å²) in [5.74, 6) is 0. The van der Waals surface area contributed by atoms with Gasteiger partial charge in [-0.1, -0.05) is 35.8 Å². The minimum atomic E-state index is -3.13. The van der Waals surface area contributed by atoms with Crippen molar-refractivity contribution in [2.24, 2.45) is 5.16 Å². The molecule has 1 fully saturated rings. The summed E-state index contributed by atoms with van der Waals surface area (Å²) in [4.78, 5) is 7.95. The maximum atomic E-state index is 11.9. The van der Waals surface area contributed by atoms with Gasteiger partial charge in [0.05, 0.1) is 12.0 Å². The molecule has 0 aliphatic carbocycles. The molecule has 6 nitrogen and oxygen atoms in total. The predicted octanol–water partition coefficient (Wildman–Crippen LogP) is 2.58. The van der Waals surface area contributed by atoms with Crippen LogP contribution in [0.5, 0.6) is 0 Å². The highest BCUT2D eigenvalue weighted by Crippen LogP contribution is 2.23. The van der Waals surface area contributed by atoms with Gasteiger partial charge in [-0.15, -0.1) is 0 Å². The number of hydrogen-bond donors (Lipinski definition) is 0. The van der Waals surface area contributed by atoms with Gasteiger partial charge in [0.1, 0.15) is 6.10 Å². The fourth-order valence-corrected chi connectivity index (χ4v) is 5.13. The number of piperidine rings is 1. The zero-order valence-electron chi connectivity index (χ0n) is 15.3. The van der Waals surface area contributed by atoms with Gasteiger partial charge in [0.25, 0.3) is 0 Å². The first-order valence-corrected chi connectivity index (χ1v) is 11.3. The van der Waals surface area contributed by atoms with E-state index in [1.807, 2.05) is 31.2 Å². The van der Waals surface area contributed by atoms with Crippen LogP contribution in [0, 0.1) is 0 Å². The number of halogens is 1. The fourth-order valence-electron chi connectivity index (χ4n) is 3.78. The molecule has 1 saturated heterocycles. The van der Waals surface area contributed by atoms with Gasteiger partial charge in [-0.2, -0.15) is 4.31 Å². The molecule has 2 heterocycles. The van der Waals surface area contributed by atoms with Gasteiger partial charge in [0.2, 0.25) is 10.0 Å². The minimum Gasteiger partial charge on any atom is -0.390 e. The minimum absolute atomic E-state index is 0.0504. The van der Waals surface area contributed by atoms with E-state index < -0.39 is 10.0 Å². The third-order valence-electron chi connectivity index (χ3n) is 5.07. The smallest absolute Gasteiger partial charge is 0.211 e. The maximum Gasteiger partial charge on any atom is 0.211 e. The molecule has 0 aromatic heterocycles. The topological polar surface area (TPSA) is 62.2 Å². The lowest BCUT2D eigenvalue weighted by Crippen LogP contribution is -2.48. The number of oxime groups is 1. The van der Waals surface area contributed by atoms with Crippen molar-refractivity contribution in [2.45, 2.75) is 38.3 Å². The summed E-state index contributed by atoms with van der Waals surface area (Å²) in [6.45, 7) is 5.01. The fraction of sp³-hybridized carbons (Fsp3) is 0.611. The molecule has 0 amide bonds. The van der Waals surface area contributed by atoms with Crippen LogP contribution in [0.3, 0.4) is 0 Å². The van der Waals surface area contributed by atoms with Gasteiger partial charge in [0.15, 0.2) is 0 Å². The summed E-state index contributed by atoms with van der Waals surface area (Å²) >= 11 is 5.93. The van der Waals surface area contributed by atoms with Crippen molar-refractivity contribution in [3.05, 3.63) is 34.9 Å². The Morgan fingerprint density at radius 3 is 2.50 bits per heavy atom. The highest BCUT2D eigenvalue weighted by Gasteiger charge is 2.31. The second kappa shape index (κ2) is 8.25. The quantitative estimate of drug-likeness (QED) is 0.737. The highest BCUT2D eigenvalue weighted by atomic mass is 35.5. The Morgan fingerprint density at radius 2 is 1.92 bits per heavy atom. The summed E-state index contributed by atoms with van der Waals surface area (Å²) in [7, 11) is -3.13. The number of rotatable bonds is 6. The molecular formula is C18H26ClN3O3S. The Balaban J connectivity index is 1.48. The lowest BCUT2D eigenvalue weighted by Gasteiger charge is -2.37. The van der Waals surface area contributed by atoms with Gasteiger partial charge >= 0.3 is 0 Å². The average Bonchev–Trinajstić information content (AvgIpc) is 3.05. The van der Waals surface area contributed by atoms with Crippen molar-refractivity contribution in [1.29, 1.82) is 0 Å². The van der Waals surface area contributed by atoms with Crippen LogP contribution in [0.25, 0.3) is 0 Å². The molecule has 0 bridgehead atoms. The molecule has 0 unspecified atom stereocenters. The van der Waals surface area contributed by atoms with Crippen molar-refractivity contribution in [3.63, 3.8) is 0 Å². The third-order valence-corrected chi connectivity index (χ3v) is 6.73.